The van der Waals surface area contributed by atoms with E-state index in [1.807, 2.05) is 23.9 Å². The number of benzene rings is 1. The van der Waals surface area contributed by atoms with Gasteiger partial charge < -0.3 is 9.84 Å². The Morgan fingerprint density at radius 3 is 2.81 bits per heavy atom. The second kappa shape index (κ2) is 6.97. The summed E-state index contributed by atoms with van der Waals surface area (Å²) < 4.78 is 5.09. The molecule has 1 aromatic carbocycles. The first kappa shape index (κ1) is 15.1. The van der Waals surface area contributed by atoms with Gasteiger partial charge >= 0.3 is 0 Å². The fourth-order valence-corrected chi connectivity index (χ4v) is 4.95. The number of thioether (sulfide) groups is 1. The highest BCUT2D eigenvalue weighted by Gasteiger charge is 2.18. The van der Waals surface area contributed by atoms with E-state index in [9.17, 15) is 5.11 Å². The van der Waals surface area contributed by atoms with Gasteiger partial charge in [-0.3, -0.25) is 0 Å². The van der Waals surface area contributed by atoms with Gasteiger partial charge in [0, 0.05) is 22.6 Å². The lowest BCUT2D eigenvalue weighted by Crippen LogP contribution is -1.99. The molecule has 2 nitrogen and oxygen atoms in total. The standard InChI is InChI=1S/C17H20O2S2/c1-19-8-6-12-2-4-13(5-3-12)17(18)16-10-14-11-20-9-7-15(14)21-16/h2-5,10,17-18H,6-9,11H2,1H3. The Hall–Kier alpha value is -0.810. The van der Waals surface area contributed by atoms with Crippen LogP contribution in [0, 0.1) is 0 Å². The van der Waals surface area contributed by atoms with Crippen molar-refractivity contribution in [2.45, 2.75) is 24.7 Å². The van der Waals surface area contributed by atoms with Gasteiger partial charge in [-0.15, -0.1) is 11.3 Å². The van der Waals surface area contributed by atoms with E-state index in [-0.39, 0.29) is 0 Å². The molecule has 0 spiro atoms. The molecule has 0 aliphatic carbocycles. The van der Waals surface area contributed by atoms with E-state index in [1.165, 1.54) is 21.8 Å². The van der Waals surface area contributed by atoms with E-state index in [0.29, 0.717) is 0 Å². The summed E-state index contributed by atoms with van der Waals surface area (Å²) in [4.78, 5) is 2.53. The zero-order valence-electron chi connectivity index (χ0n) is 12.2. The third-order valence-corrected chi connectivity index (χ3v) is 6.10. The molecule has 112 valence electrons. The molecule has 1 unspecified atom stereocenters. The highest BCUT2D eigenvalue weighted by molar-refractivity contribution is 7.98. The number of aliphatic hydroxyl groups excluding tert-OH is 1. The number of methoxy groups -OCH3 is 1. The van der Waals surface area contributed by atoms with Gasteiger partial charge in [-0.2, -0.15) is 11.8 Å². The lowest BCUT2D eigenvalue weighted by molar-refractivity contribution is 0.202. The topological polar surface area (TPSA) is 29.5 Å². The van der Waals surface area contributed by atoms with Gasteiger partial charge in [-0.1, -0.05) is 24.3 Å². The second-order valence-electron chi connectivity index (χ2n) is 5.29. The molecule has 2 aromatic rings. The maximum absolute atomic E-state index is 10.6. The smallest absolute Gasteiger partial charge is 0.113 e. The average Bonchev–Trinajstić information content (AvgIpc) is 2.96. The van der Waals surface area contributed by atoms with Gasteiger partial charge in [-0.25, -0.2) is 0 Å². The molecule has 1 aromatic heterocycles. The summed E-state index contributed by atoms with van der Waals surface area (Å²) in [6, 6.07) is 10.4. The van der Waals surface area contributed by atoms with Gasteiger partial charge in [0.1, 0.15) is 6.10 Å². The predicted octanol–water partition coefficient (Wildman–Crippen LogP) is 3.81. The average molecular weight is 320 g/mol. The number of ether oxygens (including phenoxy) is 1. The predicted molar refractivity (Wildman–Crippen MR) is 90.3 cm³/mol. The van der Waals surface area contributed by atoms with Gasteiger partial charge in [0.25, 0.3) is 0 Å². The fraction of sp³-hybridized carbons (Fsp3) is 0.412. The SMILES string of the molecule is COCCc1ccc(C(O)c2cc3c(s2)CCSC3)cc1. The zero-order valence-corrected chi connectivity index (χ0v) is 13.8. The normalized spacial score (nSPS) is 15.7. The maximum Gasteiger partial charge on any atom is 0.113 e. The van der Waals surface area contributed by atoms with E-state index in [4.69, 9.17) is 4.74 Å². The molecule has 21 heavy (non-hydrogen) atoms. The minimum Gasteiger partial charge on any atom is -0.384 e. The Morgan fingerprint density at radius 1 is 1.29 bits per heavy atom. The lowest BCUT2D eigenvalue weighted by atomic mass is 10.0. The highest BCUT2D eigenvalue weighted by Crippen LogP contribution is 2.36. The third kappa shape index (κ3) is 3.51. The fourth-order valence-electron chi connectivity index (χ4n) is 2.56. The van der Waals surface area contributed by atoms with Crippen molar-refractivity contribution >= 4 is 23.1 Å². The van der Waals surface area contributed by atoms with Gasteiger partial charge in [-0.05, 0) is 41.4 Å². The summed E-state index contributed by atoms with van der Waals surface area (Å²) in [7, 11) is 1.72. The minimum absolute atomic E-state index is 0.498. The van der Waals surface area contributed by atoms with Crippen LogP contribution in [0.25, 0.3) is 0 Å². The van der Waals surface area contributed by atoms with Gasteiger partial charge in [0.2, 0.25) is 0 Å². The molecule has 4 heteroatoms. The number of aliphatic hydroxyl groups is 1. The second-order valence-corrected chi connectivity index (χ2v) is 7.56. The first-order valence-electron chi connectivity index (χ1n) is 7.23. The Kier molecular flexibility index (Phi) is 5.01. The van der Waals surface area contributed by atoms with Crippen LogP contribution in [-0.4, -0.2) is 24.6 Å². The first-order chi connectivity index (χ1) is 10.3. The Balaban J connectivity index is 1.75. The van der Waals surface area contributed by atoms with Crippen LogP contribution in [0.4, 0.5) is 0 Å². The molecule has 1 atom stereocenters. The van der Waals surface area contributed by atoms with Crippen molar-refractivity contribution in [3.8, 4) is 0 Å². The zero-order chi connectivity index (χ0) is 14.7. The number of rotatable bonds is 5. The molecule has 0 fully saturated rings. The van der Waals surface area contributed by atoms with Crippen molar-refractivity contribution < 1.29 is 9.84 Å². The molecule has 0 bridgehead atoms. The van der Waals surface area contributed by atoms with Crippen LogP contribution in [0.2, 0.25) is 0 Å². The number of aryl methyl sites for hydroxylation is 1. The number of fused-ring (bicyclic) bond motifs is 1. The molecule has 0 saturated carbocycles. The first-order valence-corrected chi connectivity index (χ1v) is 9.20. The molecule has 0 saturated heterocycles. The summed E-state index contributed by atoms with van der Waals surface area (Å²) in [5, 5.41) is 10.6. The largest absolute Gasteiger partial charge is 0.384 e. The summed E-state index contributed by atoms with van der Waals surface area (Å²) in [5.41, 5.74) is 3.64. The number of hydrogen-bond donors (Lipinski definition) is 1. The van der Waals surface area contributed by atoms with Gasteiger partial charge in [0.05, 0.1) is 6.61 Å². The lowest BCUT2D eigenvalue weighted by Gasteiger charge is -2.10. The Labute approximate surface area is 134 Å². The maximum atomic E-state index is 10.6. The summed E-state index contributed by atoms with van der Waals surface area (Å²) >= 11 is 3.75. The molecule has 1 aliphatic rings. The van der Waals surface area contributed by atoms with Crippen LogP contribution >= 0.6 is 23.1 Å². The molecule has 1 aliphatic heterocycles. The van der Waals surface area contributed by atoms with Crippen LogP contribution in [0.1, 0.15) is 32.5 Å². The van der Waals surface area contributed by atoms with Crippen LogP contribution in [0.15, 0.2) is 30.3 Å². The minimum atomic E-state index is -0.498. The molecule has 0 radical (unpaired) electrons. The van der Waals surface area contributed by atoms with Crippen LogP contribution in [0.5, 0.6) is 0 Å². The van der Waals surface area contributed by atoms with Crippen molar-refractivity contribution in [3.63, 3.8) is 0 Å². The monoisotopic (exact) mass is 320 g/mol. The van der Waals surface area contributed by atoms with Crippen molar-refractivity contribution in [1.82, 2.24) is 0 Å². The van der Waals surface area contributed by atoms with E-state index >= 15 is 0 Å². The van der Waals surface area contributed by atoms with Crippen LogP contribution < -0.4 is 0 Å². The van der Waals surface area contributed by atoms with Crippen molar-refractivity contribution in [2.24, 2.45) is 0 Å². The van der Waals surface area contributed by atoms with E-state index < -0.39 is 6.10 Å². The van der Waals surface area contributed by atoms with Crippen molar-refractivity contribution in [3.05, 3.63) is 56.8 Å². The number of hydrogen-bond acceptors (Lipinski definition) is 4. The van der Waals surface area contributed by atoms with E-state index in [1.54, 1.807) is 18.4 Å². The van der Waals surface area contributed by atoms with Gasteiger partial charge in [0.15, 0.2) is 0 Å². The van der Waals surface area contributed by atoms with E-state index in [2.05, 4.69) is 18.2 Å². The summed E-state index contributed by atoms with van der Waals surface area (Å²) in [6.07, 6.45) is 1.56. The molecule has 3 rings (SSSR count). The Bertz CT molecular complexity index is 566. The molecule has 2 heterocycles. The van der Waals surface area contributed by atoms with Crippen molar-refractivity contribution in [2.75, 3.05) is 19.5 Å². The molecule has 0 amide bonds. The Morgan fingerprint density at radius 2 is 2.10 bits per heavy atom. The highest BCUT2D eigenvalue weighted by atomic mass is 32.2. The summed E-state index contributed by atoms with van der Waals surface area (Å²) in [6.45, 7) is 0.733. The molecular weight excluding hydrogens is 300 g/mol. The van der Waals surface area contributed by atoms with E-state index in [0.717, 1.165) is 35.6 Å². The quantitative estimate of drug-likeness (QED) is 0.908. The summed E-state index contributed by atoms with van der Waals surface area (Å²) in [5.74, 6) is 2.30. The number of thiophene rings is 1. The third-order valence-electron chi connectivity index (χ3n) is 3.81. The van der Waals surface area contributed by atoms with Crippen LogP contribution in [-0.2, 0) is 23.3 Å². The molecule has 1 N–H and O–H groups in total. The van der Waals surface area contributed by atoms with Crippen molar-refractivity contribution in [1.29, 1.82) is 0 Å². The molecular formula is C17H20O2S2. The van der Waals surface area contributed by atoms with Crippen LogP contribution in [0.3, 0.4) is 0 Å².